The maximum Gasteiger partial charge on any atom is 0.343 e. The number of carbonyl (C=O) groups is 2. The highest BCUT2D eigenvalue weighted by Crippen LogP contribution is 2.18. The van der Waals surface area contributed by atoms with Crippen molar-refractivity contribution in [3.05, 3.63) is 65.7 Å². The molecule has 0 bridgehead atoms. The summed E-state index contributed by atoms with van der Waals surface area (Å²) in [7, 11) is 0. The highest BCUT2D eigenvalue weighted by molar-refractivity contribution is 5.91. The van der Waals surface area contributed by atoms with Gasteiger partial charge in [0.15, 0.2) is 0 Å². The van der Waals surface area contributed by atoms with E-state index < -0.39 is 5.97 Å². The summed E-state index contributed by atoms with van der Waals surface area (Å²) in [5.41, 5.74) is 1.27. The first kappa shape index (κ1) is 25.2. The van der Waals surface area contributed by atoms with E-state index in [1.165, 1.54) is 18.9 Å². The summed E-state index contributed by atoms with van der Waals surface area (Å²) in [6.07, 6.45) is 8.52. The number of rotatable bonds is 13. The Morgan fingerprint density at radius 2 is 1.56 bits per heavy atom. The summed E-state index contributed by atoms with van der Waals surface area (Å²) in [6.45, 7) is 7.44. The molecule has 0 radical (unpaired) electrons. The van der Waals surface area contributed by atoms with Crippen molar-refractivity contribution in [3.8, 4) is 11.5 Å². The van der Waals surface area contributed by atoms with Crippen LogP contribution in [0, 0.1) is 5.92 Å². The van der Waals surface area contributed by atoms with Crippen molar-refractivity contribution in [1.82, 2.24) is 0 Å². The fourth-order valence-corrected chi connectivity index (χ4v) is 2.83. The fourth-order valence-electron chi connectivity index (χ4n) is 2.83. The molecule has 0 saturated carbocycles. The zero-order valence-electron chi connectivity index (χ0n) is 19.3. The van der Waals surface area contributed by atoms with Crippen molar-refractivity contribution < 1.29 is 23.8 Å². The molecule has 0 atom stereocenters. The van der Waals surface area contributed by atoms with Crippen LogP contribution in [0.1, 0.15) is 68.8 Å². The minimum atomic E-state index is -0.434. The molecule has 2 aromatic carbocycles. The average Bonchev–Trinajstić information content (AvgIpc) is 2.78. The summed E-state index contributed by atoms with van der Waals surface area (Å²) in [5.74, 6) is 0.875. The Kier molecular flexibility index (Phi) is 11.1. The number of hydrogen-bond donors (Lipinski definition) is 0. The monoisotopic (exact) mass is 438 g/mol. The molecule has 0 N–H and O–H groups in total. The first-order valence-corrected chi connectivity index (χ1v) is 11.4. The zero-order chi connectivity index (χ0) is 23.2. The summed E-state index contributed by atoms with van der Waals surface area (Å²) < 4.78 is 16.3. The second kappa shape index (κ2) is 14.1. The van der Waals surface area contributed by atoms with Gasteiger partial charge in [-0.25, -0.2) is 9.59 Å². The predicted molar refractivity (Wildman–Crippen MR) is 127 cm³/mol. The molecule has 2 rings (SSSR count). The van der Waals surface area contributed by atoms with E-state index in [0.29, 0.717) is 30.4 Å². The standard InChI is InChI=1S/C27H34O5/c1-4-5-6-7-19-30-24-15-11-23(12-16-24)27(29)32-25-13-8-22(9-14-25)10-17-26(28)31-20-18-21(2)3/h8-17,21H,4-7,18-20H2,1-3H3/b17-10+. The quantitative estimate of drug-likeness (QED) is 0.155. The van der Waals surface area contributed by atoms with Crippen molar-refractivity contribution in [2.24, 2.45) is 5.92 Å². The van der Waals surface area contributed by atoms with Crippen molar-refractivity contribution in [2.75, 3.05) is 13.2 Å². The minimum Gasteiger partial charge on any atom is -0.494 e. The van der Waals surface area contributed by atoms with Crippen LogP contribution in [0.5, 0.6) is 11.5 Å². The molecule has 32 heavy (non-hydrogen) atoms. The molecule has 0 aliphatic heterocycles. The minimum absolute atomic E-state index is 0.366. The Morgan fingerprint density at radius 1 is 0.875 bits per heavy atom. The lowest BCUT2D eigenvalue weighted by atomic mass is 10.1. The molecular weight excluding hydrogens is 404 g/mol. The number of benzene rings is 2. The van der Waals surface area contributed by atoms with Crippen LogP contribution in [0.25, 0.3) is 6.08 Å². The Bertz CT molecular complexity index is 851. The molecule has 0 aliphatic rings. The average molecular weight is 439 g/mol. The molecule has 5 heteroatoms. The van der Waals surface area contributed by atoms with E-state index in [2.05, 4.69) is 20.8 Å². The molecule has 0 spiro atoms. The van der Waals surface area contributed by atoms with Crippen LogP contribution < -0.4 is 9.47 Å². The Labute approximate surface area is 191 Å². The van der Waals surface area contributed by atoms with Gasteiger partial charge in [0.05, 0.1) is 18.8 Å². The molecular formula is C27H34O5. The summed E-state index contributed by atoms with van der Waals surface area (Å²) >= 11 is 0. The van der Waals surface area contributed by atoms with Crippen molar-refractivity contribution in [1.29, 1.82) is 0 Å². The van der Waals surface area contributed by atoms with Gasteiger partial charge < -0.3 is 14.2 Å². The van der Waals surface area contributed by atoms with Gasteiger partial charge >= 0.3 is 11.9 Å². The number of carbonyl (C=O) groups excluding carboxylic acids is 2. The third-order valence-electron chi connectivity index (χ3n) is 4.80. The third kappa shape index (κ3) is 9.82. The van der Waals surface area contributed by atoms with Gasteiger partial charge in [-0.05, 0) is 66.8 Å². The predicted octanol–water partition coefficient (Wildman–Crippen LogP) is 6.47. The van der Waals surface area contributed by atoms with Crippen LogP contribution in [-0.2, 0) is 9.53 Å². The summed E-state index contributed by atoms with van der Waals surface area (Å²) in [4.78, 5) is 24.1. The fraction of sp³-hybridized carbons (Fsp3) is 0.407. The van der Waals surface area contributed by atoms with Crippen molar-refractivity contribution >= 4 is 18.0 Å². The van der Waals surface area contributed by atoms with E-state index in [1.54, 1.807) is 54.6 Å². The van der Waals surface area contributed by atoms with Crippen LogP contribution in [0.3, 0.4) is 0 Å². The van der Waals surface area contributed by atoms with Gasteiger partial charge in [0, 0.05) is 6.08 Å². The lowest BCUT2D eigenvalue weighted by Gasteiger charge is -2.08. The van der Waals surface area contributed by atoms with Gasteiger partial charge in [-0.2, -0.15) is 0 Å². The second-order valence-corrected chi connectivity index (χ2v) is 8.08. The van der Waals surface area contributed by atoms with Crippen molar-refractivity contribution in [3.63, 3.8) is 0 Å². The molecule has 2 aromatic rings. The van der Waals surface area contributed by atoms with E-state index in [-0.39, 0.29) is 5.97 Å². The number of unbranched alkanes of at least 4 members (excludes halogenated alkanes) is 3. The van der Waals surface area contributed by atoms with Crippen LogP contribution in [0.4, 0.5) is 0 Å². The summed E-state index contributed by atoms with van der Waals surface area (Å²) in [6, 6.07) is 13.9. The highest BCUT2D eigenvalue weighted by Gasteiger charge is 2.09. The maximum atomic E-state index is 12.4. The molecule has 0 unspecified atom stereocenters. The molecule has 5 nitrogen and oxygen atoms in total. The summed E-state index contributed by atoms with van der Waals surface area (Å²) in [5, 5.41) is 0. The molecule has 0 heterocycles. The van der Waals surface area contributed by atoms with Crippen LogP contribution in [-0.4, -0.2) is 25.2 Å². The van der Waals surface area contributed by atoms with Gasteiger partial charge in [-0.3, -0.25) is 0 Å². The zero-order valence-corrected chi connectivity index (χ0v) is 19.3. The maximum absolute atomic E-state index is 12.4. The third-order valence-corrected chi connectivity index (χ3v) is 4.80. The molecule has 0 amide bonds. The molecule has 0 saturated heterocycles. The number of ether oxygens (including phenoxy) is 3. The molecule has 0 aliphatic carbocycles. The van der Waals surface area contributed by atoms with Crippen LogP contribution in [0.15, 0.2) is 54.6 Å². The normalized spacial score (nSPS) is 11.0. The van der Waals surface area contributed by atoms with E-state index in [0.717, 1.165) is 30.6 Å². The first-order chi connectivity index (χ1) is 15.5. The number of hydrogen-bond acceptors (Lipinski definition) is 5. The van der Waals surface area contributed by atoms with Crippen LogP contribution in [0.2, 0.25) is 0 Å². The molecule has 0 fully saturated rings. The van der Waals surface area contributed by atoms with Gasteiger partial charge in [-0.1, -0.05) is 52.2 Å². The van der Waals surface area contributed by atoms with Gasteiger partial charge in [0.2, 0.25) is 0 Å². The van der Waals surface area contributed by atoms with Crippen LogP contribution >= 0.6 is 0 Å². The van der Waals surface area contributed by atoms with E-state index in [9.17, 15) is 9.59 Å². The Hall–Kier alpha value is -3.08. The lowest BCUT2D eigenvalue weighted by molar-refractivity contribution is -0.137. The first-order valence-electron chi connectivity index (χ1n) is 11.4. The second-order valence-electron chi connectivity index (χ2n) is 8.08. The SMILES string of the molecule is CCCCCCOc1ccc(C(=O)Oc2ccc(/C=C/C(=O)OCCC(C)C)cc2)cc1. The van der Waals surface area contributed by atoms with Gasteiger partial charge in [0.1, 0.15) is 11.5 Å². The Morgan fingerprint density at radius 3 is 2.22 bits per heavy atom. The van der Waals surface area contributed by atoms with E-state index in [1.807, 2.05) is 0 Å². The van der Waals surface area contributed by atoms with E-state index in [4.69, 9.17) is 14.2 Å². The largest absolute Gasteiger partial charge is 0.494 e. The Balaban J connectivity index is 1.79. The lowest BCUT2D eigenvalue weighted by Crippen LogP contribution is -2.08. The van der Waals surface area contributed by atoms with Gasteiger partial charge in [-0.15, -0.1) is 0 Å². The molecule has 0 aromatic heterocycles. The topological polar surface area (TPSA) is 61.8 Å². The highest BCUT2D eigenvalue weighted by atomic mass is 16.5. The smallest absolute Gasteiger partial charge is 0.343 e. The molecule has 172 valence electrons. The van der Waals surface area contributed by atoms with E-state index >= 15 is 0 Å². The van der Waals surface area contributed by atoms with Crippen molar-refractivity contribution in [2.45, 2.75) is 52.9 Å². The van der Waals surface area contributed by atoms with Gasteiger partial charge in [0.25, 0.3) is 0 Å². The number of esters is 2.